The quantitative estimate of drug-likeness (QED) is 0.644. The van der Waals surface area contributed by atoms with E-state index in [0.717, 1.165) is 5.56 Å². The molecule has 0 spiro atoms. The van der Waals surface area contributed by atoms with Crippen LogP contribution in [-0.4, -0.2) is 23.7 Å². The van der Waals surface area contributed by atoms with E-state index in [1.165, 1.54) is 0 Å². The second kappa shape index (κ2) is 5.14. The standard InChI is InChI=1S/C12H13NO3S/c13-11(17)7-8-1-3-9(4-2-8)16-10-5-6-15-12(10)14/h1-4,10H,5-7H2,(H2,13,17). The molecule has 0 saturated carbocycles. The Kier molecular flexibility index (Phi) is 3.58. The Morgan fingerprint density at radius 3 is 2.71 bits per heavy atom. The summed E-state index contributed by atoms with van der Waals surface area (Å²) in [6, 6.07) is 7.38. The average molecular weight is 251 g/mol. The molecule has 0 aliphatic carbocycles. The zero-order valence-corrected chi connectivity index (χ0v) is 10.0. The lowest BCUT2D eigenvalue weighted by Gasteiger charge is -2.10. The highest BCUT2D eigenvalue weighted by atomic mass is 32.1. The number of carbonyl (C=O) groups excluding carboxylic acids is 1. The summed E-state index contributed by atoms with van der Waals surface area (Å²) in [5.74, 6) is 0.359. The largest absolute Gasteiger partial charge is 0.479 e. The van der Waals surface area contributed by atoms with Crippen LogP contribution in [0.15, 0.2) is 24.3 Å². The molecule has 2 N–H and O–H groups in total. The van der Waals surface area contributed by atoms with Crippen LogP contribution in [-0.2, 0) is 16.0 Å². The van der Waals surface area contributed by atoms with E-state index in [9.17, 15) is 4.79 Å². The summed E-state index contributed by atoms with van der Waals surface area (Å²) in [5.41, 5.74) is 6.48. The summed E-state index contributed by atoms with van der Waals surface area (Å²) in [6.45, 7) is 0.434. The van der Waals surface area contributed by atoms with Crippen LogP contribution >= 0.6 is 12.2 Å². The van der Waals surface area contributed by atoms with E-state index >= 15 is 0 Å². The second-order valence-electron chi connectivity index (χ2n) is 3.85. The number of hydrogen-bond acceptors (Lipinski definition) is 4. The maximum Gasteiger partial charge on any atom is 0.347 e. The first-order valence-electron chi connectivity index (χ1n) is 5.35. The Balaban J connectivity index is 1.98. The third kappa shape index (κ3) is 3.17. The molecule has 1 atom stereocenters. The van der Waals surface area contributed by atoms with Gasteiger partial charge in [0, 0.05) is 12.8 Å². The van der Waals surface area contributed by atoms with Crippen LogP contribution in [0.4, 0.5) is 0 Å². The molecule has 5 heteroatoms. The van der Waals surface area contributed by atoms with Crippen molar-refractivity contribution in [3.8, 4) is 5.75 Å². The molecule has 2 rings (SSSR count). The van der Waals surface area contributed by atoms with Gasteiger partial charge in [-0.25, -0.2) is 4.79 Å². The van der Waals surface area contributed by atoms with Gasteiger partial charge in [0.25, 0.3) is 0 Å². The number of benzene rings is 1. The molecular formula is C12H13NO3S. The number of nitrogens with two attached hydrogens (primary N) is 1. The minimum atomic E-state index is -0.476. The summed E-state index contributed by atoms with van der Waals surface area (Å²) in [6.07, 6.45) is 0.700. The van der Waals surface area contributed by atoms with Gasteiger partial charge in [0.05, 0.1) is 11.6 Å². The van der Waals surface area contributed by atoms with E-state index in [0.29, 0.717) is 30.2 Å². The van der Waals surface area contributed by atoms with Crippen molar-refractivity contribution < 1.29 is 14.3 Å². The molecule has 1 fully saturated rings. The van der Waals surface area contributed by atoms with Crippen LogP contribution in [0.5, 0.6) is 5.75 Å². The summed E-state index contributed by atoms with van der Waals surface area (Å²) in [4.78, 5) is 11.7. The van der Waals surface area contributed by atoms with Gasteiger partial charge in [-0.05, 0) is 17.7 Å². The summed E-state index contributed by atoms with van der Waals surface area (Å²) >= 11 is 4.83. The van der Waals surface area contributed by atoms with Crippen molar-refractivity contribution in [2.75, 3.05) is 6.61 Å². The minimum absolute atomic E-state index is 0.294. The smallest absolute Gasteiger partial charge is 0.347 e. The lowest BCUT2D eigenvalue weighted by atomic mass is 10.1. The van der Waals surface area contributed by atoms with Crippen LogP contribution in [0.1, 0.15) is 12.0 Å². The van der Waals surface area contributed by atoms with E-state index in [-0.39, 0.29) is 5.97 Å². The monoisotopic (exact) mass is 251 g/mol. The van der Waals surface area contributed by atoms with Crippen molar-refractivity contribution in [3.63, 3.8) is 0 Å². The van der Waals surface area contributed by atoms with Crippen molar-refractivity contribution >= 4 is 23.2 Å². The minimum Gasteiger partial charge on any atom is -0.479 e. The molecule has 1 aromatic rings. The summed E-state index contributed by atoms with van der Waals surface area (Å²) in [5, 5.41) is 0. The SMILES string of the molecule is NC(=S)Cc1ccc(OC2CCOC2=O)cc1. The van der Waals surface area contributed by atoms with Crippen molar-refractivity contribution in [2.45, 2.75) is 18.9 Å². The maximum absolute atomic E-state index is 11.2. The Morgan fingerprint density at radius 1 is 1.47 bits per heavy atom. The predicted octanol–water partition coefficient (Wildman–Crippen LogP) is 1.21. The Hall–Kier alpha value is -1.62. The highest BCUT2D eigenvalue weighted by Gasteiger charge is 2.28. The van der Waals surface area contributed by atoms with Gasteiger partial charge in [0.1, 0.15) is 5.75 Å². The van der Waals surface area contributed by atoms with Crippen LogP contribution in [0.25, 0.3) is 0 Å². The molecule has 0 bridgehead atoms. The fourth-order valence-corrected chi connectivity index (χ4v) is 1.80. The predicted molar refractivity (Wildman–Crippen MR) is 66.9 cm³/mol. The fourth-order valence-electron chi connectivity index (χ4n) is 1.64. The average Bonchev–Trinajstić information content (AvgIpc) is 2.67. The molecular weight excluding hydrogens is 238 g/mol. The van der Waals surface area contributed by atoms with E-state index in [1.807, 2.05) is 12.1 Å². The number of rotatable bonds is 4. The first-order valence-corrected chi connectivity index (χ1v) is 5.76. The summed E-state index contributed by atoms with van der Waals surface area (Å²) in [7, 11) is 0. The maximum atomic E-state index is 11.2. The number of esters is 1. The third-order valence-corrected chi connectivity index (χ3v) is 2.61. The highest BCUT2D eigenvalue weighted by Crippen LogP contribution is 2.18. The van der Waals surface area contributed by atoms with Crippen LogP contribution in [0.3, 0.4) is 0 Å². The third-order valence-electron chi connectivity index (χ3n) is 2.47. The van der Waals surface area contributed by atoms with E-state index in [4.69, 9.17) is 27.4 Å². The van der Waals surface area contributed by atoms with Gasteiger partial charge < -0.3 is 15.2 Å². The Labute approximate surface area is 105 Å². The summed E-state index contributed by atoms with van der Waals surface area (Å²) < 4.78 is 10.3. The first-order chi connectivity index (χ1) is 8.15. The molecule has 17 heavy (non-hydrogen) atoms. The number of cyclic esters (lactones) is 1. The Morgan fingerprint density at radius 2 is 2.18 bits per heavy atom. The Bertz CT molecular complexity index is 430. The topological polar surface area (TPSA) is 61.6 Å². The highest BCUT2D eigenvalue weighted by molar-refractivity contribution is 7.80. The van der Waals surface area contributed by atoms with Gasteiger partial charge in [-0.15, -0.1) is 0 Å². The van der Waals surface area contributed by atoms with Crippen molar-refractivity contribution in [2.24, 2.45) is 5.73 Å². The fraction of sp³-hybridized carbons (Fsp3) is 0.333. The lowest BCUT2D eigenvalue weighted by Crippen LogP contribution is -2.21. The van der Waals surface area contributed by atoms with Crippen LogP contribution < -0.4 is 10.5 Å². The van der Waals surface area contributed by atoms with Crippen LogP contribution in [0, 0.1) is 0 Å². The second-order valence-corrected chi connectivity index (χ2v) is 4.37. The molecule has 1 aliphatic rings. The zero-order chi connectivity index (χ0) is 12.3. The normalized spacial score (nSPS) is 18.8. The zero-order valence-electron chi connectivity index (χ0n) is 9.22. The van der Waals surface area contributed by atoms with Gasteiger partial charge in [0.2, 0.25) is 0 Å². The molecule has 4 nitrogen and oxygen atoms in total. The number of thiocarbonyl (C=S) groups is 1. The number of ether oxygens (including phenoxy) is 2. The van der Waals surface area contributed by atoms with Crippen molar-refractivity contribution in [3.05, 3.63) is 29.8 Å². The molecule has 1 saturated heterocycles. The number of hydrogen-bond donors (Lipinski definition) is 1. The molecule has 1 unspecified atom stereocenters. The van der Waals surface area contributed by atoms with Gasteiger partial charge in [-0.3, -0.25) is 0 Å². The van der Waals surface area contributed by atoms with Gasteiger partial charge >= 0.3 is 5.97 Å². The molecule has 0 radical (unpaired) electrons. The lowest BCUT2D eigenvalue weighted by molar-refractivity contribution is -0.143. The van der Waals surface area contributed by atoms with E-state index in [1.54, 1.807) is 12.1 Å². The van der Waals surface area contributed by atoms with Crippen LogP contribution in [0.2, 0.25) is 0 Å². The van der Waals surface area contributed by atoms with Gasteiger partial charge in [0.15, 0.2) is 6.10 Å². The van der Waals surface area contributed by atoms with Crippen molar-refractivity contribution in [1.82, 2.24) is 0 Å². The molecule has 90 valence electrons. The van der Waals surface area contributed by atoms with Gasteiger partial charge in [-0.1, -0.05) is 24.4 Å². The number of carbonyl (C=O) groups is 1. The first kappa shape index (κ1) is 11.9. The van der Waals surface area contributed by atoms with Crippen molar-refractivity contribution in [1.29, 1.82) is 0 Å². The van der Waals surface area contributed by atoms with Gasteiger partial charge in [-0.2, -0.15) is 0 Å². The molecule has 1 heterocycles. The molecule has 0 aromatic heterocycles. The molecule has 0 amide bonds. The molecule has 1 aromatic carbocycles. The molecule has 1 aliphatic heterocycles. The van der Waals surface area contributed by atoms with E-state index in [2.05, 4.69) is 0 Å². The van der Waals surface area contributed by atoms with E-state index < -0.39 is 6.10 Å².